The van der Waals surface area contributed by atoms with E-state index in [0.717, 1.165) is 27.3 Å². The predicted octanol–water partition coefficient (Wildman–Crippen LogP) is 3.58. The SMILES string of the molecule is N#Cc1cccc(-c2nc(N)sc2-c2ccc3nccn3c2)c1. The maximum atomic E-state index is 9.09. The highest BCUT2D eigenvalue weighted by Crippen LogP contribution is 2.38. The first-order valence-corrected chi connectivity index (χ1v) is 7.76. The molecule has 110 valence electrons. The van der Waals surface area contributed by atoms with E-state index in [1.807, 2.05) is 47.1 Å². The highest BCUT2D eigenvalue weighted by molar-refractivity contribution is 7.19. The molecule has 0 aliphatic carbocycles. The maximum absolute atomic E-state index is 9.09. The van der Waals surface area contributed by atoms with Crippen LogP contribution in [0.4, 0.5) is 5.13 Å². The van der Waals surface area contributed by atoms with Crippen LogP contribution in [0.15, 0.2) is 55.0 Å². The van der Waals surface area contributed by atoms with Gasteiger partial charge in [-0.15, -0.1) is 0 Å². The van der Waals surface area contributed by atoms with Gasteiger partial charge in [-0.05, 0) is 24.3 Å². The summed E-state index contributed by atoms with van der Waals surface area (Å²) in [6.45, 7) is 0. The van der Waals surface area contributed by atoms with Crippen LogP contribution in [0.3, 0.4) is 0 Å². The topological polar surface area (TPSA) is 80.0 Å². The number of benzene rings is 1. The third-order valence-electron chi connectivity index (χ3n) is 3.56. The average Bonchev–Trinajstić information content (AvgIpc) is 3.20. The zero-order valence-electron chi connectivity index (χ0n) is 12.0. The summed E-state index contributed by atoms with van der Waals surface area (Å²) < 4.78 is 1.96. The second-order valence-electron chi connectivity index (χ2n) is 5.03. The zero-order chi connectivity index (χ0) is 15.8. The largest absolute Gasteiger partial charge is 0.375 e. The monoisotopic (exact) mass is 317 g/mol. The van der Waals surface area contributed by atoms with Crippen molar-refractivity contribution in [2.75, 3.05) is 5.73 Å². The van der Waals surface area contributed by atoms with Crippen molar-refractivity contribution in [3.63, 3.8) is 0 Å². The number of anilines is 1. The van der Waals surface area contributed by atoms with Crippen molar-refractivity contribution >= 4 is 22.1 Å². The maximum Gasteiger partial charge on any atom is 0.181 e. The van der Waals surface area contributed by atoms with Crippen molar-refractivity contribution < 1.29 is 0 Å². The van der Waals surface area contributed by atoms with Crippen molar-refractivity contribution in [1.82, 2.24) is 14.4 Å². The first-order valence-electron chi connectivity index (χ1n) is 6.94. The molecule has 0 fully saturated rings. The van der Waals surface area contributed by atoms with Crippen molar-refractivity contribution in [2.45, 2.75) is 0 Å². The Morgan fingerprint density at radius 3 is 2.96 bits per heavy atom. The quantitative estimate of drug-likeness (QED) is 0.613. The molecule has 5 nitrogen and oxygen atoms in total. The molecule has 2 N–H and O–H groups in total. The number of nitrogen functional groups attached to an aromatic ring is 1. The molecule has 23 heavy (non-hydrogen) atoms. The molecule has 1 aromatic carbocycles. The molecule has 0 aliphatic heterocycles. The van der Waals surface area contributed by atoms with Gasteiger partial charge in [-0.1, -0.05) is 23.5 Å². The number of nitriles is 1. The van der Waals surface area contributed by atoms with Gasteiger partial charge < -0.3 is 10.1 Å². The number of fused-ring (bicyclic) bond motifs is 1. The van der Waals surface area contributed by atoms with Gasteiger partial charge >= 0.3 is 0 Å². The summed E-state index contributed by atoms with van der Waals surface area (Å²) in [6.07, 6.45) is 5.67. The fourth-order valence-electron chi connectivity index (χ4n) is 2.52. The molecule has 0 amide bonds. The van der Waals surface area contributed by atoms with Gasteiger partial charge in [0.25, 0.3) is 0 Å². The third-order valence-corrected chi connectivity index (χ3v) is 4.49. The number of thiazole rings is 1. The second kappa shape index (κ2) is 5.23. The molecule has 0 saturated heterocycles. The Morgan fingerprint density at radius 1 is 1.17 bits per heavy atom. The molecule has 0 atom stereocenters. The summed E-state index contributed by atoms with van der Waals surface area (Å²) in [5, 5.41) is 9.60. The number of aromatic nitrogens is 3. The van der Waals surface area contributed by atoms with Gasteiger partial charge in [0.2, 0.25) is 0 Å². The summed E-state index contributed by atoms with van der Waals surface area (Å²) in [5.41, 5.74) is 10.1. The summed E-state index contributed by atoms with van der Waals surface area (Å²) in [4.78, 5) is 9.69. The highest BCUT2D eigenvalue weighted by Gasteiger charge is 2.14. The Kier molecular flexibility index (Phi) is 3.07. The number of pyridine rings is 1. The van der Waals surface area contributed by atoms with E-state index >= 15 is 0 Å². The normalized spacial score (nSPS) is 10.7. The molecule has 3 aromatic heterocycles. The van der Waals surface area contributed by atoms with E-state index in [1.165, 1.54) is 11.3 Å². The lowest BCUT2D eigenvalue weighted by molar-refractivity contribution is 1.19. The second-order valence-corrected chi connectivity index (χ2v) is 6.06. The Balaban J connectivity index is 1.90. The van der Waals surface area contributed by atoms with Crippen LogP contribution in [0.5, 0.6) is 0 Å². The average molecular weight is 317 g/mol. The number of nitrogens with two attached hydrogens (primary N) is 1. The molecule has 0 saturated carbocycles. The smallest absolute Gasteiger partial charge is 0.181 e. The molecule has 0 spiro atoms. The number of hydrogen-bond acceptors (Lipinski definition) is 5. The molecule has 3 heterocycles. The number of hydrogen-bond donors (Lipinski definition) is 1. The van der Waals surface area contributed by atoms with Gasteiger partial charge in [0.05, 0.1) is 22.2 Å². The van der Waals surface area contributed by atoms with Crippen LogP contribution in [-0.2, 0) is 0 Å². The van der Waals surface area contributed by atoms with Gasteiger partial charge in [-0.3, -0.25) is 0 Å². The molecule has 0 radical (unpaired) electrons. The van der Waals surface area contributed by atoms with Gasteiger partial charge in [0, 0.05) is 29.7 Å². The van der Waals surface area contributed by atoms with Crippen LogP contribution < -0.4 is 5.73 Å². The Morgan fingerprint density at radius 2 is 2.09 bits per heavy atom. The Labute approximate surface area is 136 Å². The summed E-state index contributed by atoms with van der Waals surface area (Å²) in [6, 6.07) is 13.5. The lowest BCUT2D eigenvalue weighted by Gasteiger charge is -2.04. The number of nitrogens with zero attached hydrogens (tertiary/aromatic N) is 4. The molecule has 0 unspecified atom stereocenters. The van der Waals surface area contributed by atoms with E-state index in [2.05, 4.69) is 16.0 Å². The van der Waals surface area contributed by atoms with E-state index in [1.54, 1.807) is 12.3 Å². The van der Waals surface area contributed by atoms with Crippen LogP contribution in [0.1, 0.15) is 5.56 Å². The molecule has 6 heteroatoms. The lowest BCUT2D eigenvalue weighted by Crippen LogP contribution is -1.87. The first kappa shape index (κ1) is 13.5. The van der Waals surface area contributed by atoms with E-state index < -0.39 is 0 Å². The van der Waals surface area contributed by atoms with E-state index in [4.69, 9.17) is 11.0 Å². The van der Waals surface area contributed by atoms with Gasteiger partial charge in [-0.25, -0.2) is 9.97 Å². The van der Waals surface area contributed by atoms with Gasteiger partial charge in [0.15, 0.2) is 5.13 Å². The van der Waals surface area contributed by atoms with Crippen molar-refractivity contribution in [1.29, 1.82) is 5.26 Å². The van der Waals surface area contributed by atoms with Crippen molar-refractivity contribution in [3.8, 4) is 27.8 Å². The predicted molar refractivity (Wildman–Crippen MR) is 90.9 cm³/mol. The van der Waals surface area contributed by atoms with E-state index in [9.17, 15) is 0 Å². The highest BCUT2D eigenvalue weighted by atomic mass is 32.1. The van der Waals surface area contributed by atoms with E-state index in [0.29, 0.717) is 10.7 Å². The minimum absolute atomic E-state index is 0.503. The molecule has 4 aromatic rings. The minimum atomic E-state index is 0.503. The molecule has 4 rings (SSSR count). The van der Waals surface area contributed by atoms with Crippen LogP contribution >= 0.6 is 11.3 Å². The van der Waals surface area contributed by atoms with Crippen LogP contribution in [0, 0.1) is 11.3 Å². The molecule has 0 bridgehead atoms. The van der Waals surface area contributed by atoms with Crippen molar-refractivity contribution in [2.24, 2.45) is 0 Å². The summed E-state index contributed by atoms with van der Waals surface area (Å²) in [5.74, 6) is 0. The van der Waals surface area contributed by atoms with Gasteiger partial charge in [0.1, 0.15) is 5.65 Å². The number of rotatable bonds is 2. The summed E-state index contributed by atoms with van der Waals surface area (Å²) in [7, 11) is 0. The molecule has 0 aliphatic rings. The molecular formula is C17H11N5S. The first-order chi connectivity index (χ1) is 11.2. The van der Waals surface area contributed by atoms with E-state index in [-0.39, 0.29) is 0 Å². The lowest BCUT2D eigenvalue weighted by atomic mass is 10.1. The standard InChI is InChI=1S/C17H11N5S/c18-9-11-2-1-3-12(8-11)15-16(23-17(19)21-15)13-4-5-14-20-6-7-22(14)10-13/h1-8,10H,(H2,19,21). The van der Waals surface area contributed by atoms with Crippen molar-refractivity contribution in [3.05, 3.63) is 60.6 Å². The van der Waals surface area contributed by atoms with Gasteiger partial charge in [-0.2, -0.15) is 5.26 Å². The fourth-order valence-corrected chi connectivity index (χ4v) is 3.36. The van der Waals surface area contributed by atoms with Crippen LogP contribution in [0.25, 0.3) is 27.3 Å². The Hall–Kier alpha value is -3.17. The zero-order valence-corrected chi connectivity index (χ0v) is 12.8. The fraction of sp³-hybridized carbons (Fsp3) is 0. The third kappa shape index (κ3) is 2.33. The van der Waals surface area contributed by atoms with Crippen LogP contribution in [-0.4, -0.2) is 14.4 Å². The minimum Gasteiger partial charge on any atom is -0.375 e. The summed E-state index contributed by atoms with van der Waals surface area (Å²) >= 11 is 1.44. The molecular weight excluding hydrogens is 306 g/mol. The number of imidazole rings is 1. The Bertz CT molecular complexity index is 1050. The van der Waals surface area contributed by atoms with Crippen LogP contribution in [0.2, 0.25) is 0 Å².